The minimum Gasteiger partial charge on any atom is -0.355 e. The molecule has 1 atom stereocenters. The van der Waals surface area contributed by atoms with Crippen molar-refractivity contribution in [2.24, 2.45) is 10.9 Å². The van der Waals surface area contributed by atoms with E-state index in [0.29, 0.717) is 31.0 Å². The van der Waals surface area contributed by atoms with Crippen LogP contribution in [0.1, 0.15) is 39.2 Å². The van der Waals surface area contributed by atoms with Gasteiger partial charge >= 0.3 is 0 Å². The van der Waals surface area contributed by atoms with E-state index in [1.165, 1.54) is 0 Å². The molecule has 1 unspecified atom stereocenters. The second-order valence-corrected chi connectivity index (χ2v) is 8.57. The van der Waals surface area contributed by atoms with Gasteiger partial charge in [0.25, 0.3) is 0 Å². The molecule has 0 aliphatic heterocycles. The Balaban J connectivity index is 2.33. The molecule has 142 valence electrons. The molecule has 1 aromatic rings. The van der Waals surface area contributed by atoms with E-state index in [4.69, 9.17) is 0 Å². The number of sulfonamides is 1. The van der Waals surface area contributed by atoms with Crippen molar-refractivity contribution < 1.29 is 8.42 Å². The van der Waals surface area contributed by atoms with Crippen molar-refractivity contribution >= 4 is 16.0 Å². The lowest BCUT2D eigenvalue weighted by Gasteiger charge is -2.18. The van der Waals surface area contributed by atoms with Crippen LogP contribution in [0.15, 0.2) is 35.3 Å². The number of rotatable bonds is 10. The maximum atomic E-state index is 12.1. The van der Waals surface area contributed by atoms with Crippen LogP contribution in [-0.4, -0.2) is 39.8 Å². The molecule has 6 nitrogen and oxygen atoms in total. The van der Waals surface area contributed by atoms with Gasteiger partial charge in [-0.05, 0) is 31.2 Å². The first kappa shape index (κ1) is 21.4. The first-order chi connectivity index (χ1) is 11.8. The van der Waals surface area contributed by atoms with Crippen LogP contribution in [0.25, 0.3) is 0 Å². The Kier molecular flexibility index (Phi) is 9.52. The fourth-order valence-electron chi connectivity index (χ4n) is 2.25. The summed E-state index contributed by atoms with van der Waals surface area (Å²) in [6.07, 6.45) is 2.19. The smallest absolute Gasteiger partial charge is 0.213 e. The highest BCUT2D eigenvalue weighted by Crippen LogP contribution is 2.06. The molecule has 1 aromatic carbocycles. The predicted octanol–water partition coefficient (Wildman–Crippen LogP) is 2.10. The minimum absolute atomic E-state index is 0.000901. The van der Waals surface area contributed by atoms with E-state index in [-0.39, 0.29) is 5.75 Å². The summed E-state index contributed by atoms with van der Waals surface area (Å²) in [6, 6.07) is 9.77. The molecule has 0 saturated heterocycles. The SMILES string of the molecule is CN=C(NCCS(=O)(=O)NCc1ccccc1)NC(C)CCC(C)C. The van der Waals surface area contributed by atoms with Crippen molar-refractivity contribution in [1.29, 1.82) is 0 Å². The normalized spacial score (nSPS) is 13.7. The van der Waals surface area contributed by atoms with Crippen LogP contribution < -0.4 is 15.4 Å². The van der Waals surface area contributed by atoms with Crippen molar-refractivity contribution in [3.8, 4) is 0 Å². The zero-order valence-electron chi connectivity index (χ0n) is 15.7. The van der Waals surface area contributed by atoms with Gasteiger partial charge in [-0.25, -0.2) is 13.1 Å². The molecule has 0 aliphatic rings. The Hall–Kier alpha value is -1.60. The van der Waals surface area contributed by atoms with E-state index in [1.54, 1.807) is 7.05 Å². The first-order valence-electron chi connectivity index (χ1n) is 8.81. The maximum absolute atomic E-state index is 12.1. The summed E-state index contributed by atoms with van der Waals surface area (Å²) in [7, 11) is -1.64. The van der Waals surface area contributed by atoms with E-state index in [2.05, 4.69) is 41.1 Å². The highest BCUT2D eigenvalue weighted by Gasteiger charge is 2.11. The number of hydrogen-bond acceptors (Lipinski definition) is 3. The molecule has 1 rings (SSSR count). The summed E-state index contributed by atoms with van der Waals surface area (Å²) >= 11 is 0. The van der Waals surface area contributed by atoms with Crippen LogP contribution in [-0.2, 0) is 16.6 Å². The Labute approximate surface area is 152 Å². The van der Waals surface area contributed by atoms with E-state index < -0.39 is 10.0 Å². The molecule has 0 saturated carbocycles. The molecule has 25 heavy (non-hydrogen) atoms. The summed E-state index contributed by atoms with van der Waals surface area (Å²) in [6.45, 7) is 7.12. The zero-order chi connectivity index (χ0) is 18.7. The summed E-state index contributed by atoms with van der Waals surface area (Å²) in [5.41, 5.74) is 0.940. The molecular weight excluding hydrogens is 336 g/mol. The monoisotopic (exact) mass is 368 g/mol. The summed E-state index contributed by atoms with van der Waals surface area (Å²) in [5.74, 6) is 1.30. The lowest BCUT2D eigenvalue weighted by Crippen LogP contribution is -2.44. The van der Waals surface area contributed by atoms with Gasteiger partial charge < -0.3 is 10.6 Å². The standard InChI is InChI=1S/C18H32N4O2S/c1-15(2)10-11-16(3)22-18(19-4)20-12-13-25(23,24)21-14-17-8-6-5-7-9-17/h5-9,15-16,21H,10-14H2,1-4H3,(H2,19,20,22). The van der Waals surface area contributed by atoms with Crippen LogP contribution >= 0.6 is 0 Å². The highest BCUT2D eigenvalue weighted by atomic mass is 32.2. The van der Waals surface area contributed by atoms with Gasteiger partial charge in [0.15, 0.2) is 5.96 Å². The molecule has 0 fully saturated rings. The molecule has 0 amide bonds. The zero-order valence-corrected chi connectivity index (χ0v) is 16.6. The largest absolute Gasteiger partial charge is 0.355 e. The van der Waals surface area contributed by atoms with Gasteiger partial charge in [0.1, 0.15) is 0 Å². The van der Waals surface area contributed by atoms with Crippen LogP contribution in [0.3, 0.4) is 0 Å². The van der Waals surface area contributed by atoms with Crippen molar-refractivity contribution in [3.05, 3.63) is 35.9 Å². The average molecular weight is 369 g/mol. The fraction of sp³-hybridized carbons (Fsp3) is 0.611. The van der Waals surface area contributed by atoms with E-state index >= 15 is 0 Å². The molecule has 0 bridgehead atoms. The van der Waals surface area contributed by atoms with Crippen LogP contribution in [0, 0.1) is 5.92 Å². The average Bonchev–Trinajstić information content (AvgIpc) is 2.58. The van der Waals surface area contributed by atoms with Gasteiger partial charge in [-0.3, -0.25) is 4.99 Å². The molecule has 0 radical (unpaired) electrons. The Morgan fingerprint density at radius 2 is 1.80 bits per heavy atom. The quantitative estimate of drug-likeness (QED) is 0.436. The number of guanidine groups is 1. The van der Waals surface area contributed by atoms with Crippen molar-refractivity contribution in [2.75, 3.05) is 19.3 Å². The van der Waals surface area contributed by atoms with E-state index in [0.717, 1.165) is 18.4 Å². The summed E-state index contributed by atoms with van der Waals surface area (Å²) in [5, 5.41) is 6.35. The third kappa shape index (κ3) is 10.1. The number of hydrogen-bond donors (Lipinski definition) is 3. The highest BCUT2D eigenvalue weighted by molar-refractivity contribution is 7.89. The predicted molar refractivity (Wildman–Crippen MR) is 105 cm³/mol. The van der Waals surface area contributed by atoms with Gasteiger partial charge in [0.05, 0.1) is 5.75 Å². The topological polar surface area (TPSA) is 82.6 Å². The van der Waals surface area contributed by atoms with Crippen LogP contribution in [0.4, 0.5) is 0 Å². The van der Waals surface area contributed by atoms with Crippen molar-refractivity contribution in [2.45, 2.75) is 46.2 Å². The molecule has 0 aromatic heterocycles. The lowest BCUT2D eigenvalue weighted by molar-refractivity contribution is 0.489. The van der Waals surface area contributed by atoms with Crippen molar-refractivity contribution in [1.82, 2.24) is 15.4 Å². The van der Waals surface area contributed by atoms with Crippen LogP contribution in [0.2, 0.25) is 0 Å². The van der Waals surface area contributed by atoms with Crippen molar-refractivity contribution in [3.63, 3.8) is 0 Å². The Morgan fingerprint density at radius 1 is 1.12 bits per heavy atom. The number of benzene rings is 1. The Bertz CT molecular complexity index is 615. The number of nitrogens with zero attached hydrogens (tertiary/aromatic N) is 1. The van der Waals surface area contributed by atoms with Gasteiger partial charge in [-0.2, -0.15) is 0 Å². The molecular formula is C18H32N4O2S. The Morgan fingerprint density at radius 3 is 2.40 bits per heavy atom. The number of nitrogens with one attached hydrogen (secondary N) is 3. The third-order valence-electron chi connectivity index (χ3n) is 3.79. The van der Waals surface area contributed by atoms with E-state index in [9.17, 15) is 8.42 Å². The maximum Gasteiger partial charge on any atom is 0.213 e. The van der Waals surface area contributed by atoms with Gasteiger partial charge in [-0.1, -0.05) is 44.2 Å². The number of aliphatic imine (C=N–C) groups is 1. The van der Waals surface area contributed by atoms with Crippen LogP contribution in [0.5, 0.6) is 0 Å². The summed E-state index contributed by atoms with van der Waals surface area (Å²) < 4.78 is 26.7. The second kappa shape index (κ2) is 11.1. The molecule has 0 spiro atoms. The van der Waals surface area contributed by atoms with Gasteiger partial charge in [-0.15, -0.1) is 0 Å². The molecule has 0 aliphatic carbocycles. The second-order valence-electron chi connectivity index (χ2n) is 6.64. The third-order valence-corrected chi connectivity index (χ3v) is 5.11. The van der Waals surface area contributed by atoms with Gasteiger partial charge in [0, 0.05) is 26.2 Å². The van der Waals surface area contributed by atoms with Gasteiger partial charge in [0.2, 0.25) is 10.0 Å². The lowest BCUT2D eigenvalue weighted by atomic mass is 10.0. The molecule has 3 N–H and O–H groups in total. The molecule has 0 heterocycles. The minimum atomic E-state index is -3.33. The first-order valence-corrected chi connectivity index (χ1v) is 10.5. The summed E-state index contributed by atoms with van der Waals surface area (Å²) in [4.78, 5) is 4.15. The molecule has 7 heteroatoms. The fourth-order valence-corrected chi connectivity index (χ4v) is 3.15. The van der Waals surface area contributed by atoms with E-state index in [1.807, 2.05) is 30.3 Å².